The van der Waals surface area contributed by atoms with Gasteiger partial charge in [0.05, 0.1) is 5.56 Å². The second kappa shape index (κ2) is 5.97. The van der Waals surface area contributed by atoms with Gasteiger partial charge in [-0.25, -0.2) is 0 Å². The van der Waals surface area contributed by atoms with Crippen molar-refractivity contribution in [3.8, 4) is 0 Å². The Bertz CT molecular complexity index is 596. The molecule has 2 aromatic rings. The lowest BCUT2D eigenvalue weighted by Crippen LogP contribution is -2.14. The summed E-state index contributed by atoms with van der Waals surface area (Å²) < 4.78 is 38.8. The number of hydrogen-bond acceptors (Lipinski definition) is 1. The van der Waals surface area contributed by atoms with E-state index in [9.17, 15) is 13.2 Å². The highest BCUT2D eigenvalue weighted by atomic mass is 79.9. The molecule has 1 unspecified atom stereocenters. The minimum atomic E-state index is -4.33. The molecule has 0 bridgehead atoms. The normalized spacial score (nSPS) is 13.2. The van der Waals surface area contributed by atoms with Crippen LogP contribution >= 0.6 is 15.9 Å². The Labute approximate surface area is 123 Å². The number of nitrogens with two attached hydrogens (primary N) is 1. The lowest BCUT2D eigenvalue weighted by Gasteiger charge is -2.15. The lowest BCUT2D eigenvalue weighted by molar-refractivity contribution is -0.137. The van der Waals surface area contributed by atoms with Gasteiger partial charge in [0.25, 0.3) is 0 Å². The first-order valence-corrected chi connectivity index (χ1v) is 6.83. The molecule has 1 nitrogen and oxygen atoms in total. The molecule has 0 heterocycles. The van der Waals surface area contributed by atoms with E-state index in [1.807, 2.05) is 24.3 Å². The van der Waals surface area contributed by atoms with Crippen LogP contribution < -0.4 is 5.73 Å². The first-order valence-electron chi connectivity index (χ1n) is 6.04. The van der Waals surface area contributed by atoms with Crippen LogP contribution in [0.25, 0.3) is 0 Å². The fraction of sp³-hybridized carbons (Fsp3) is 0.200. The van der Waals surface area contributed by atoms with Gasteiger partial charge in [-0.1, -0.05) is 52.3 Å². The summed E-state index contributed by atoms with van der Waals surface area (Å²) in [5.74, 6) is 0. The van der Waals surface area contributed by atoms with Crippen LogP contribution in [0.3, 0.4) is 0 Å². The molecule has 106 valence electrons. The SMILES string of the molecule is NC(Cc1cccc(C(F)(F)F)c1)c1ccccc1Br. The molecule has 0 aliphatic carbocycles. The van der Waals surface area contributed by atoms with Crippen LogP contribution in [0.5, 0.6) is 0 Å². The average molecular weight is 344 g/mol. The van der Waals surface area contributed by atoms with Crippen molar-refractivity contribution in [1.82, 2.24) is 0 Å². The topological polar surface area (TPSA) is 26.0 Å². The van der Waals surface area contributed by atoms with Crippen molar-refractivity contribution in [3.05, 3.63) is 69.7 Å². The molecule has 2 N–H and O–H groups in total. The maximum atomic E-state index is 12.7. The van der Waals surface area contributed by atoms with Crippen molar-refractivity contribution >= 4 is 15.9 Å². The Morgan fingerprint density at radius 2 is 1.75 bits per heavy atom. The van der Waals surface area contributed by atoms with Crippen LogP contribution in [0, 0.1) is 0 Å². The van der Waals surface area contributed by atoms with Gasteiger partial charge in [-0.2, -0.15) is 13.2 Å². The predicted octanol–water partition coefficient (Wildman–Crippen LogP) is 4.71. The van der Waals surface area contributed by atoms with E-state index in [0.717, 1.165) is 22.2 Å². The van der Waals surface area contributed by atoms with Crippen molar-refractivity contribution in [2.24, 2.45) is 5.73 Å². The molecule has 0 fully saturated rings. The predicted molar refractivity (Wildman–Crippen MR) is 76.2 cm³/mol. The van der Waals surface area contributed by atoms with E-state index >= 15 is 0 Å². The first-order chi connectivity index (χ1) is 9.38. The van der Waals surface area contributed by atoms with Gasteiger partial charge < -0.3 is 5.73 Å². The Morgan fingerprint density at radius 1 is 1.05 bits per heavy atom. The number of alkyl halides is 3. The largest absolute Gasteiger partial charge is 0.416 e. The summed E-state index contributed by atoms with van der Waals surface area (Å²) >= 11 is 3.40. The van der Waals surface area contributed by atoms with Crippen molar-refractivity contribution in [1.29, 1.82) is 0 Å². The molecular formula is C15H13BrF3N. The van der Waals surface area contributed by atoms with E-state index in [-0.39, 0.29) is 6.04 Å². The second-order valence-electron chi connectivity index (χ2n) is 4.53. The summed E-state index contributed by atoms with van der Waals surface area (Å²) in [5.41, 5.74) is 6.88. The summed E-state index contributed by atoms with van der Waals surface area (Å²) in [6.07, 6.45) is -3.97. The van der Waals surface area contributed by atoms with Crippen LogP contribution in [-0.4, -0.2) is 0 Å². The van der Waals surface area contributed by atoms with Gasteiger partial charge in [-0.15, -0.1) is 0 Å². The van der Waals surface area contributed by atoms with Gasteiger partial charge in [0.2, 0.25) is 0 Å². The minimum Gasteiger partial charge on any atom is -0.324 e. The second-order valence-corrected chi connectivity index (χ2v) is 5.38. The Balaban J connectivity index is 2.20. The zero-order valence-corrected chi connectivity index (χ0v) is 12.1. The summed E-state index contributed by atoms with van der Waals surface area (Å²) in [5, 5.41) is 0. The summed E-state index contributed by atoms with van der Waals surface area (Å²) in [4.78, 5) is 0. The first kappa shape index (κ1) is 15.1. The van der Waals surface area contributed by atoms with E-state index in [1.165, 1.54) is 6.07 Å². The number of benzene rings is 2. The van der Waals surface area contributed by atoms with E-state index in [2.05, 4.69) is 15.9 Å². The summed E-state index contributed by atoms with van der Waals surface area (Å²) in [6.45, 7) is 0. The molecule has 0 saturated heterocycles. The smallest absolute Gasteiger partial charge is 0.324 e. The number of halogens is 4. The highest BCUT2D eigenvalue weighted by Crippen LogP contribution is 2.31. The molecule has 0 radical (unpaired) electrons. The van der Waals surface area contributed by atoms with Crippen molar-refractivity contribution in [3.63, 3.8) is 0 Å². The van der Waals surface area contributed by atoms with Gasteiger partial charge in [0.15, 0.2) is 0 Å². The van der Waals surface area contributed by atoms with E-state index < -0.39 is 11.7 Å². The summed E-state index contributed by atoms with van der Waals surface area (Å²) in [6, 6.07) is 12.4. The molecule has 0 aromatic heterocycles. The van der Waals surface area contributed by atoms with Crippen molar-refractivity contribution < 1.29 is 13.2 Å². The van der Waals surface area contributed by atoms with Crippen LogP contribution in [0.4, 0.5) is 13.2 Å². The molecule has 1 atom stereocenters. The minimum absolute atomic E-state index is 0.353. The Kier molecular flexibility index (Phi) is 4.50. The molecule has 20 heavy (non-hydrogen) atoms. The van der Waals surface area contributed by atoms with Gasteiger partial charge in [-0.05, 0) is 29.7 Å². The fourth-order valence-electron chi connectivity index (χ4n) is 2.01. The highest BCUT2D eigenvalue weighted by Gasteiger charge is 2.30. The molecule has 0 aliphatic heterocycles. The van der Waals surface area contributed by atoms with Crippen molar-refractivity contribution in [2.75, 3.05) is 0 Å². The van der Waals surface area contributed by atoms with Gasteiger partial charge in [0, 0.05) is 10.5 Å². The molecule has 2 rings (SSSR count). The molecule has 0 amide bonds. The van der Waals surface area contributed by atoms with Gasteiger partial charge in [-0.3, -0.25) is 0 Å². The molecule has 5 heteroatoms. The molecule has 0 spiro atoms. The Hall–Kier alpha value is -1.33. The standard InChI is InChI=1S/C15H13BrF3N/c16-13-7-2-1-6-12(13)14(20)9-10-4-3-5-11(8-10)15(17,18)19/h1-8,14H,9,20H2. The molecular weight excluding hydrogens is 331 g/mol. The third-order valence-corrected chi connectivity index (χ3v) is 3.74. The maximum Gasteiger partial charge on any atom is 0.416 e. The van der Waals surface area contributed by atoms with Crippen LogP contribution in [0.1, 0.15) is 22.7 Å². The summed E-state index contributed by atoms with van der Waals surface area (Å²) in [7, 11) is 0. The van der Waals surface area contributed by atoms with Gasteiger partial charge in [0.1, 0.15) is 0 Å². The van der Waals surface area contributed by atoms with Crippen LogP contribution in [0.2, 0.25) is 0 Å². The number of hydrogen-bond donors (Lipinski definition) is 1. The van der Waals surface area contributed by atoms with E-state index in [1.54, 1.807) is 6.07 Å². The quantitative estimate of drug-likeness (QED) is 0.857. The van der Waals surface area contributed by atoms with E-state index in [4.69, 9.17) is 5.73 Å². The Morgan fingerprint density at radius 3 is 2.40 bits per heavy atom. The highest BCUT2D eigenvalue weighted by molar-refractivity contribution is 9.10. The maximum absolute atomic E-state index is 12.7. The monoisotopic (exact) mass is 343 g/mol. The molecule has 2 aromatic carbocycles. The zero-order chi connectivity index (χ0) is 14.8. The van der Waals surface area contributed by atoms with Crippen molar-refractivity contribution in [2.45, 2.75) is 18.6 Å². The van der Waals surface area contributed by atoms with Crippen LogP contribution in [-0.2, 0) is 12.6 Å². The van der Waals surface area contributed by atoms with E-state index in [0.29, 0.717) is 12.0 Å². The third kappa shape index (κ3) is 3.61. The van der Waals surface area contributed by atoms with Gasteiger partial charge >= 0.3 is 6.18 Å². The molecule has 0 aliphatic rings. The third-order valence-electron chi connectivity index (χ3n) is 3.01. The number of rotatable bonds is 3. The zero-order valence-electron chi connectivity index (χ0n) is 10.5. The molecule has 0 saturated carbocycles. The average Bonchev–Trinajstić information content (AvgIpc) is 2.38. The lowest BCUT2D eigenvalue weighted by atomic mass is 9.98. The fourth-order valence-corrected chi connectivity index (χ4v) is 2.59. The van der Waals surface area contributed by atoms with Crippen LogP contribution in [0.15, 0.2) is 53.0 Å².